The van der Waals surface area contributed by atoms with Gasteiger partial charge in [-0.2, -0.15) is 5.10 Å². The Morgan fingerprint density at radius 3 is 2.62 bits per heavy atom. The summed E-state index contributed by atoms with van der Waals surface area (Å²) >= 11 is 6.36. The van der Waals surface area contributed by atoms with Crippen LogP contribution in [-0.2, 0) is 6.61 Å². The first kappa shape index (κ1) is 24.7. The monoisotopic (exact) mass is 519 g/mol. The Balaban J connectivity index is 1.57. The highest BCUT2D eigenvalue weighted by Gasteiger charge is 2.42. The summed E-state index contributed by atoms with van der Waals surface area (Å²) in [6, 6.07) is 17.9. The largest absolute Gasteiger partial charge is 0.507 e. The number of H-pyrrole nitrogens is 1. The van der Waals surface area contributed by atoms with Gasteiger partial charge in [-0.1, -0.05) is 48.0 Å². The maximum atomic E-state index is 13.3. The normalized spacial score (nSPS) is 14.6. The molecule has 1 aliphatic heterocycles. The number of carbonyl (C=O) groups is 1. The Hall–Kier alpha value is -4.01. The summed E-state index contributed by atoms with van der Waals surface area (Å²) in [4.78, 5) is 14.9. The number of amides is 1. The van der Waals surface area contributed by atoms with Gasteiger partial charge in [0, 0.05) is 22.7 Å². The molecular formula is C28H26ClN3O5. The van der Waals surface area contributed by atoms with Gasteiger partial charge in [0.1, 0.15) is 23.7 Å². The number of aryl methyl sites for hydroxylation is 1. The van der Waals surface area contributed by atoms with Crippen LogP contribution >= 0.6 is 11.6 Å². The van der Waals surface area contributed by atoms with Gasteiger partial charge < -0.3 is 24.6 Å². The van der Waals surface area contributed by atoms with Gasteiger partial charge in [-0.15, -0.1) is 0 Å². The number of phenolic OH excluding ortho intramolecular Hbond substituents is 1. The van der Waals surface area contributed by atoms with Crippen molar-refractivity contribution in [2.75, 3.05) is 20.3 Å². The molecule has 3 aromatic carbocycles. The molecule has 0 fully saturated rings. The number of aromatic amines is 1. The minimum atomic E-state index is -0.583. The maximum absolute atomic E-state index is 13.3. The zero-order valence-electron chi connectivity index (χ0n) is 20.4. The first-order chi connectivity index (χ1) is 17.9. The van der Waals surface area contributed by atoms with Gasteiger partial charge in [0.05, 0.1) is 19.8 Å². The molecule has 8 nitrogen and oxygen atoms in total. The topological polar surface area (TPSA) is 108 Å². The highest BCUT2D eigenvalue weighted by atomic mass is 35.5. The molecule has 0 spiro atoms. The van der Waals surface area contributed by atoms with Gasteiger partial charge in [-0.3, -0.25) is 9.89 Å². The second-order valence-corrected chi connectivity index (χ2v) is 9.20. The number of aliphatic hydroxyl groups excluding tert-OH is 1. The number of hydrogen-bond acceptors (Lipinski definition) is 6. The number of nitrogens with one attached hydrogen (secondary N) is 1. The minimum Gasteiger partial charge on any atom is -0.507 e. The molecule has 5 rings (SSSR count). The van der Waals surface area contributed by atoms with Crippen molar-refractivity contribution in [2.24, 2.45) is 0 Å². The van der Waals surface area contributed by atoms with Crippen LogP contribution in [0.4, 0.5) is 0 Å². The standard InChI is InChI=1S/C28H26ClN3O5/c1-16-12-21(34)19(14-20(16)29)25-24-26(31-30-25)28(35)32(10-11-33)27(24)18-8-9-22(23(13-18)36-2)37-15-17-6-4-3-5-7-17/h3-9,12-14,27,33-34H,10-11,15H2,1-2H3,(H,30,31)/t27-/m1/s1. The molecule has 4 aromatic rings. The van der Waals surface area contributed by atoms with Gasteiger partial charge >= 0.3 is 0 Å². The number of rotatable bonds is 8. The summed E-state index contributed by atoms with van der Waals surface area (Å²) in [5.41, 5.74) is 4.20. The molecule has 1 aromatic heterocycles. The van der Waals surface area contributed by atoms with E-state index in [0.29, 0.717) is 45.6 Å². The Morgan fingerprint density at radius 2 is 1.89 bits per heavy atom. The van der Waals surface area contributed by atoms with Crippen molar-refractivity contribution in [2.45, 2.75) is 19.6 Å². The molecule has 9 heteroatoms. The Kier molecular flexibility index (Phi) is 6.78. The van der Waals surface area contributed by atoms with Crippen molar-refractivity contribution in [3.05, 3.63) is 93.6 Å². The van der Waals surface area contributed by atoms with Gasteiger partial charge in [0.25, 0.3) is 5.91 Å². The number of carbonyl (C=O) groups excluding carboxylic acids is 1. The summed E-state index contributed by atoms with van der Waals surface area (Å²) in [6.07, 6.45) is 0. The minimum absolute atomic E-state index is 0.00486. The molecule has 0 radical (unpaired) electrons. The molecule has 37 heavy (non-hydrogen) atoms. The van der Waals surface area contributed by atoms with Crippen LogP contribution in [0.3, 0.4) is 0 Å². The number of aromatic nitrogens is 2. The van der Waals surface area contributed by atoms with Crippen LogP contribution in [0, 0.1) is 6.92 Å². The number of halogens is 1. The van der Waals surface area contributed by atoms with E-state index in [-0.39, 0.29) is 24.8 Å². The van der Waals surface area contributed by atoms with Crippen molar-refractivity contribution in [1.82, 2.24) is 15.1 Å². The van der Waals surface area contributed by atoms with Crippen LogP contribution in [0.15, 0.2) is 60.7 Å². The van der Waals surface area contributed by atoms with E-state index < -0.39 is 6.04 Å². The number of benzene rings is 3. The number of fused-ring (bicyclic) bond motifs is 1. The molecule has 2 heterocycles. The van der Waals surface area contributed by atoms with Crippen molar-refractivity contribution in [3.8, 4) is 28.5 Å². The maximum Gasteiger partial charge on any atom is 0.273 e. The molecule has 0 unspecified atom stereocenters. The number of β-amino-alcohol motifs (C(OH)–C–C–N with tert-alkyl or cyclic N) is 1. The number of nitrogens with zero attached hydrogens (tertiary/aromatic N) is 2. The van der Waals surface area contributed by atoms with Crippen LogP contribution in [0.2, 0.25) is 5.02 Å². The van der Waals surface area contributed by atoms with Crippen LogP contribution in [0.25, 0.3) is 11.3 Å². The molecule has 1 atom stereocenters. The molecule has 190 valence electrons. The van der Waals surface area contributed by atoms with Crippen molar-refractivity contribution < 1.29 is 24.5 Å². The van der Waals surface area contributed by atoms with E-state index >= 15 is 0 Å². The summed E-state index contributed by atoms with van der Waals surface area (Å²) < 4.78 is 11.6. The van der Waals surface area contributed by atoms with E-state index in [1.165, 1.54) is 0 Å². The summed E-state index contributed by atoms with van der Waals surface area (Å²) in [7, 11) is 1.56. The number of hydrogen-bond donors (Lipinski definition) is 3. The third kappa shape index (κ3) is 4.50. The number of aromatic hydroxyl groups is 1. The predicted molar refractivity (Wildman–Crippen MR) is 139 cm³/mol. The van der Waals surface area contributed by atoms with Crippen molar-refractivity contribution in [1.29, 1.82) is 0 Å². The third-order valence-corrected chi connectivity index (χ3v) is 6.88. The number of methoxy groups -OCH3 is 1. The van der Waals surface area contributed by atoms with E-state index in [0.717, 1.165) is 16.7 Å². The number of phenols is 1. The second-order valence-electron chi connectivity index (χ2n) is 8.79. The van der Waals surface area contributed by atoms with Gasteiger partial charge in [0.2, 0.25) is 0 Å². The molecular weight excluding hydrogens is 494 g/mol. The van der Waals surface area contributed by atoms with Crippen LogP contribution in [0.1, 0.15) is 38.8 Å². The van der Waals surface area contributed by atoms with E-state index in [9.17, 15) is 15.0 Å². The van der Waals surface area contributed by atoms with Crippen LogP contribution in [0.5, 0.6) is 17.2 Å². The van der Waals surface area contributed by atoms with Gasteiger partial charge in [0.15, 0.2) is 11.5 Å². The highest BCUT2D eigenvalue weighted by molar-refractivity contribution is 6.31. The molecule has 0 saturated carbocycles. The van der Waals surface area contributed by atoms with E-state index in [4.69, 9.17) is 21.1 Å². The quantitative estimate of drug-likeness (QED) is 0.306. The lowest BCUT2D eigenvalue weighted by Crippen LogP contribution is -2.32. The van der Waals surface area contributed by atoms with E-state index in [1.54, 1.807) is 37.1 Å². The molecule has 3 N–H and O–H groups in total. The fourth-order valence-electron chi connectivity index (χ4n) is 4.65. The van der Waals surface area contributed by atoms with Crippen LogP contribution in [-0.4, -0.2) is 51.5 Å². The first-order valence-corrected chi connectivity index (χ1v) is 12.1. The fourth-order valence-corrected chi connectivity index (χ4v) is 4.82. The zero-order valence-corrected chi connectivity index (χ0v) is 21.1. The van der Waals surface area contributed by atoms with E-state index in [2.05, 4.69) is 10.2 Å². The second kappa shape index (κ2) is 10.2. The van der Waals surface area contributed by atoms with Crippen LogP contribution < -0.4 is 9.47 Å². The predicted octanol–water partition coefficient (Wildman–Crippen LogP) is 4.87. The van der Waals surface area contributed by atoms with Gasteiger partial charge in [-0.05, 0) is 47.9 Å². The zero-order chi connectivity index (χ0) is 26.1. The average Bonchev–Trinajstić information content (AvgIpc) is 3.44. The molecule has 1 amide bonds. The number of ether oxygens (including phenoxy) is 2. The lowest BCUT2D eigenvalue weighted by atomic mass is 9.95. The summed E-state index contributed by atoms with van der Waals surface area (Å²) in [5, 5.41) is 28.1. The Labute approximate surface area is 219 Å². The average molecular weight is 520 g/mol. The Morgan fingerprint density at radius 1 is 1.11 bits per heavy atom. The summed E-state index contributed by atoms with van der Waals surface area (Å²) in [5.74, 6) is 0.771. The molecule has 0 aliphatic carbocycles. The third-order valence-electron chi connectivity index (χ3n) is 6.48. The fraction of sp³-hybridized carbons (Fsp3) is 0.214. The van der Waals surface area contributed by atoms with Crippen molar-refractivity contribution in [3.63, 3.8) is 0 Å². The van der Waals surface area contributed by atoms with Gasteiger partial charge in [-0.25, -0.2) is 0 Å². The Bertz CT molecular complexity index is 1450. The molecule has 1 aliphatic rings. The van der Waals surface area contributed by atoms with Crippen molar-refractivity contribution >= 4 is 17.5 Å². The lowest BCUT2D eigenvalue weighted by Gasteiger charge is -2.26. The SMILES string of the molecule is COc1cc([C@@H]2c3c(-c4cc(Cl)c(C)cc4O)n[nH]c3C(=O)N2CCO)ccc1OCc1ccccc1. The number of aliphatic hydroxyl groups is 1. The molecule has 0 saturated heterocycles. The first-order valence-electron chi connectivity index (χ1n) is 11.8. The molecule has 0 bridgehead atoms. The van der Waals surface area contributed by atoms with E-state index in [1.807, 2.05) is 42.5 Å². The smallest absolute Gasteiger partial charge is 0.273 e. The highest BCUT2D eigenvalue weighted by Crippen LogP contribution is 2.46. The summed E-state index contributed by atoms with van der Waals surface area (Å²) in [6.45, 7) is 2.06. The lowest BCUT2D eigenvalue weighted by molar-refractivity contribution is 0.0706.